The van der Waals surface area contributed by atoms with Gasteiger partial charge in [0, 0.05) is 26.0 Å². The molecule has 66 heavy (non-hydrogen) atoms. The Balaban J connectivity index is 0.000000205. The number of aromatic nitrogens is 2. The fourth-order valence-corrected chi connectivity index (χ4v) is 10.4. The van der Waals surface area contributed by atoms with Crippen LogP contribution in [0.2, 0.25) is 19.6 Å². The number of para-hydroxylation sites is 3. The number of nitrogens with zero attached hydrogens (tertiary/aromatic N) is 2. The molecule has 10 aromatic rings. The summed E-state index contributed by atoms with van der Waals surface area (Å²) in [5, 5.41) is 8.03. The number of hydrogen-bond donors (Lipinski definition) is 0. The van der Waals surface area contributed by atoms with Crippen LogP contribution in [0.1, 0.15) is 89.4 Å². The summed E-state index contributed by atoms with van der Waals surface area (Å²) >= 11 is 0. The molecule has 334 valence electrons. The normalized spacial score (nSPS) is 13.7. The van der Waals surface area contributed by atoms with E-state index in [1.807, 2.05) is 26.8 Å². The number of furan rings is 1. The zero-order chi connectivity index (χ0) is 50.2. The summed E-state index contributed by atoms with van der Waals surface area (Å²) in [6.45, 7) is 18.6. The molecule has 0 N–H and O–H groups in total. The molecule has 0 fully saturated rings. The summed E-state index contributed by atoms with van der Waals surface area (Å²) < 4.78 is 63.2. The largest absolute Gasteiger partial charge is 3.00 e. The van der Waals surface area contributed by atoms with Crippen molar-refractivity contribution in [3.63, 3.8) is 0 Å². The molecule has 2 heterocycles. The molecule has 0 spiro atoms. The minimum atomic E-state index is -2.41. The zero-order valence-electron chi connectivity index (χ0n) is 44.3. The van der Waals surface area contributed by atoms with Crippen LogP contribution in [-0.2, 0) is 26.5 Å². The topological polar surface area (TPSA) is 31.0 Å². The summed E-state index contributed by atoms with van der Waals surface area (Å²) in [4.78, 5) is 5.22. The number of hydrogen-bond acceptors (Lipinski definition) is 2. The number of benzene rings is 8. The first-order chi connectivity index (χ1) is 32.9. The van der Waals surface area contributed by atoms with Crippen molar-refractivity contribution in [3.8, 4) is 28.2 Å². The van der Waals surface area contributed by atoms with Crippen molar-refractivity contribution in [1.29, 1.82) is 0 Å². The van der Waals surface area contributed by atoms with E-state index >= 15 is 0 Å². The van der Waals surface area contributed by atoms with E-state index < -0.39 is 32.5 Å². The van der Waals surface area contributed by atoms with Gasteiger partial charge in [-0.2, -0.15) is 35.9 Å². The first kappa shape index (κ1) is 40.6. The maximum atomic E-state index is 14.7. The van der Waals surface area contributed by atoms with Gasteiger partial charge in [0.2, 0.25) is 0 Å². The molecule has 6 heteroatoms. The van der Waals surface area contributed by atoms with E-state index in [2.05, 4.69) is 167 Å². The third kappa shape index (κ3) is 9.08. The Morgan fingerprint density at radius 1 is 0.712 bits per heavy atom. The molecule has 10 rings (SSSR count). The number of aryl methyl sites for hydroxylation is 1. The van der Waals surface area contributed by atoms with Gasteiger partial charge in [-0.1, -0.05) is 147 Å². The van der Waals surface area contributed by atoms with Gasteiger partial charge in [0.15, 0.2) is 0 Å². The molecular formula is C60H58FIrN2OSi. The molecule has 3 nitrogen and oxygen atoms in total. The number of imidazole rings is 1. The van der Waals surface area contributed by atoms with Gasteiger partial charge in [-0.3, -0.25) is 9.37 Å². The second kappa shape index (κ2) is 18.2. The maximum Gasteiger partial charge on any atom is 3.00 e. The predicted molar refractivity (Wildman–Crippen MR) is 276 cm³/mol. The standard InChI is InChI=1S/C39H31N2O.C21H27FSi.Ir/c1-23(2)28-12-9-13-29(24(3)4)38(28)41-35-15-8-7-14-34(35)40-39(41)27-18-19-36-32(20-27)33-22-31-26(21-37(33)42-36)17-16-25-10-5-6-11-30(25)31;1-15-8-10-18(19(22)12-15)16-9-11-20(23(5,6)7)17(13-16)14-21(2,3)4;/h5-17,19-24H,1-4H3;8,11-13H,14H2,1-7H3;/q-1;-2;+3/i;1D3,14D2;. The second-order valence-electron chi connectivity index (χ2n) is 19.8. The van der Waals surface area contributed by atoms with Gasteiger partial charge in [0.25, 0.3) is 0 Å². The van der Waals surface area contributed by atoms with E-state index in [9.17, 15) is 4.39 Å². The van der Waals surface area contributed by atoms with Crippen molar-refractivity contribution in [2.75, 3.05) is 0 Å². The van der Waals surface area contributed by atoms with E-state index in [-0.39, 0.29) is 31.2 Å². The minimum absolute atomic E-state index is 0. The van der Waals surface area contributed by atoms with Crippen molar-refractivity contribution in [2.24, 2.45) is 5.41 Å². The Bertz CT molecular complexity index is 3610. The summed E-state index contributed by atoms with van der Waals surface area (Å²) in [5.41, 5.74) is 8.86. The average molecular weight is 1070 g/mol. The number of rotatable bonds is 7. The van der Waals surface area contributed by atoms with Crippen LogP contribution in [0.5, 0.6) is 0 Å². The quantitative estimate of drug-likeness (QED) is 0.0905. The van der Waals surface area contributed by atoms with Gasteiger partial charge in [0.1, 0.15) is 5.58 Å². The van der Waals surface area contributed by atoms with Crippen LogP contribution in [-0.4, -0.2) is 17.6 Å². The molecule has 0 amide bonds. The minimum Gasteiger partial charge on any atom is -0.500 e. The van der Waals surface area contributed by atoms with E-state index in [0.717, 1.165) is 55.6 Å². The maximum absolute atomic E-state index is 14.7. The Hall–Kier alpha value is -5.65. The smallest absolute Gasteiger partial charge is 0.500 e. The molecular weight excluding hydrogens is 1000 g/mol. The molecule has 2 aromatic heterocycles. The third-order valence-electron chi connectivity index (χ3n) is 12.1. The number of fused-ring (bicyclic) bond motifs is 7. The summed E-state index contributed by atoms with van der Waals surface area (Å²) in [6, 6.07) is 51.8. The summed E-state index contributed by atoms with van der Waals surface area (Å²) in [7, 11) is -1.89. The Kier molecular flexibility index (Phi) is 11.2. The fraction of sp³-hybridized carbons (Fsp3) is 0.250. The molecule has 0 saturated heterocycles. The van der Waals surface area contributed by atoms with Gasteiger partial charge in [-0.05, 0) is 86.4 Å². The van der Waals surface area contributed by atoms with Crippen LogP contribution in [0.3, 0.4) is 0 Å². The van der Waals surface area contributed by atoms with E-state index in [4.69, 9.17) is 16.3 Å². The van der Waals surface area contributed by atoms with Crippen LogP contribution in [0.15, 0.2) is 132 Å². The van der Waals surface area contributed by atoms with Gasteiger partial charge >= 0.3 is 20.1 Å². The van der Waals surface area contributed by atoms with Crippen LogP contribution in [0, 0.1) is 36.3 Å². The molecule has 0 saturated carbocycles. The molecule has 0 atom stereocenters. The van der Waals surface area contributed by atoms with Crippen molar-refractivity contribution < 1.29 is 35.8 Å². The first-order valence-electron chi connectivity index (χ1n) is 25.0. The molecule has 0 aliphatic carbocycles. The summed E-state index contributed by atoms with van der Waals surface area (Å²) in [5.74, 6) is 0.918. The third-order valence-corrected chi connectivity index (χ3v) is 14.1. The Morgan fingerprint density at radius 3 is 2.09 bits per heavy atom. The van der Waals surface area contributed by atoms with Crippen LogP contribution in [0.25, 0.3) is 82.7 Å². The Labute approximate surface area is 411 Å². The average Bonchev–Trinajstić information content (AvgIpc) is 3.87. The monoisotopic (exact) mass is 1070 g/mol. The summed E-state index contributed by atoms with van der Waals surface area (Å²) in [6.07, 6.45) is -1.64. The first-order valence-corrected chi connectivity index (χ1v) is 26.0. The molecule has 0 unspecified atom stereocenters. The SMILES string of the molecule is CC(C)c1cccc(C(C)C)c1-n1c(-c2[c-]cc3oc4cc5ccc6ccccc6c5cc4c3c2)nc2ccccc21.[2H]C([2H])([2H])c1c[c-]c(-c2[c-]cc([Si](C)(C)C)c(C([2H])([2H])C(C)(C)C)c2)c(F)c1.[Ir+3]. The van der Waals surface area contributed by atoms with Crippen LogP contribution < -0.4 is 5.19 Å². The van der Waals surface area contributed by atoms with Gasteiger partial charge in [-0.25, -0.2) is 5.56 Å². The molecule has 0 bridgehead atoms. The molecule has 0 aliphatic heterocycles. The molecule has 8 aromatic carbocycles. The Morgan fingerprint density at radius 2 is 1.39 bits per heavy atom. The van der Waals surface area contributed by atoms with Crippen molar-refractivity contribution in [3.05, 3.63) is 174 Å². The van der Waals surface area contributed by atoms with Crippen molar-refractivity contribution in [1.82, 2.24) is 9.55 Å². The van der Waals surface area contributed by atoms with Crippen LogP contribution in [0.4, 0.5) is 4.39 Å². The van der Waals surface area contributed by atoms with Crippen molar-refractivity contribution >= 4 is 67.8 Å². The van der Waals surface area contributed by atoms with Gasteiger partial charge < -0.3 is 8.98 Å². The molecule has 0 radical (unpaired) electrons. The second-order valence-corrected chi connectivity index (χ2v) is 24.9. The predicted octanol–water partition coefficient (Wildman–Crippen LogP) is 16.5. The van der Waals surface area contributed by atoms with E-state index in [1.54, 1.807) is 12.1 Å². The van der Waals surface area contributed by atoms with Gasteiger partial charge in [-0.15, -0.1) is 46.1 Å². The number of halogens is 1. The zero-order valence-corrected chi connectivity index (χ0v) is 42.7. The van der Waals surface area contributed by atoms with E-state index in [0.29, 0.717) is 23.0 Å². The molecule has 0 aliphatic rings. The fourth-order valence-electron chi connectivity index (χ4n) is 8.99. The van der Waals surface area contributed by atoms with E-state index in [1.165, 1.54) is 44.4 Å². The van der Waals surface area contributed by atoms with Gasteiger partial charge in [0.05, 0.1) is 22.4 Å². The van der Waals surface area contributed by atoms with Crippen molar-refractivity contribution in [2.45, 2.75) is 93.2 Å². The van der Waals surface area contributed by atoms with Crippen LogP contribution >= 0.6 is 0 Å².